The predicted octanol–water partition coefficient (Wildman–Crippen LogP) is 2.54. The third-order valence-corrected chi connectivity index (χ3v) is 3.89. The maximum absolute atomic E-state index is 12.0. The van der Waals surface area contributed by atoms with Crippen LogP contribution in [-0.2, 0) is 14.3 Å². The number of aliphatic carboxylic acids is 1. The summed E-state index contributed by atoms with van der Waals surface area (Å²) in [5.74, 6) is -1.52. The summed E-state index contributed by atoms with van der Waals surface area (Å²) in [6.07, 6.45) is 1.67. The monoisotopic (exact) mass is 360 g/mol. The van der Waals surface area contributed by atoms with E-state index in [9.17, 15) is 14.7 Å². The summed E-state index contributed by atoms with van der Waals surface area (Å²) in [7, 11) is 0. The number of hydrogen-bond acceptors (Lipinski definition) is 4. The maximum atomic E-state index is 12.0. The molecule has 0 bridgehead atoms. The number of hydrogen-bond donors (Lipinski definition) is 3. The van der Waals surface area contributed by atoms with Crippen LogP contribution in [-0.4, -0.2) is 42.3 Å². The lowest BCUT2D eigenvalue weighted by atomic mass is 10.1. The fourth-order valence-electron chi connectivity index (χ4n) is 2.35. The van der Waals surface area contributed by atoms with Crippen LogP contribution in [0.1, 0.15) is 19.3 Å². The van der Waals surface area contributed by atoms with Crippen LogP contribution in [0.15, 0.2) is 18.2 Å². The first-order valence-electron chi connectivity index (χ1n) is 7.28. The molecule has 0 saturated carbocycles. The molecule has 1 fully saturated rings. The zero-order chi connectivity index (χ0) is 16.8. The molecule has 3 N–H and O–H groups in total. The van der Waals surface area contributed by atoms with Crippen LogP contribution in [0.3, 0.4) is 0 Å². The van der Waals surface area contributed by atoms with Crippen molar-refractivity contribution in [2.75, 3.05) is 18.5 Å². The Morgan fingerprint density at radius 2 is 2.00 bits per heavy atom. The predicted molar refractivity (Wildman–Crippen MR) is 88.1 cm³/mol. The van der Waals surface area contributed by atoms with Gasteiger partial charge in [0.05, 0.1) is 12.5 Å². The first-order chi connectivity index (χ1) is 10.9. The highest BCUT2D eigenvalue weighted by Gasteiger charge is 2.23. The minimum Gasteiger partial charge on any atom is -0.480 e. The third-order valence-electron chi connectivity index (χ3n) is 3.45. The molecule has 1 aromatic carbocycles. The van der Waals surface area contributed by atoms with Crippen molar-refractivity contribution >= 4 is 40.8 Å². The second-order valence-electron chi connectivity index (χ2n) is 5.34. The largest absolute Gasteiger partial charge is 0.480 e. The molecule has 8 heteroatoms. The maximum Gasteiger partial charge on any atom is 0.321 e. The molecule has 0 unspecified atom stereocenters. The van der Waals surface area contributed by atoms with Gasteiger partial charge in [-0.3, -0.25) is 9.59 Å². The number of carboxylic acids is 1. The Labute approximate surface area is 144 Å². The van der Waals surface area contributed by atoms with Crippen molar-refractivity contribution in [2.45, 2.75) is 31.4 Å². The Kier molecular flexibility index (Phi) is 6.65. The molecule has 0 spiro atoms. The van der Waals surface area contributed by atoms with E-state index in [1.54, 1.807) is 18.2 Å². The van der Waals surface area contributed by atoms with E-state index in [4.69, 9.17) is 27.9 Å². The smallest absolute Gasteiger partial charge is 0.321 e. The van der Waals surface area contributed by atoms with Gasteiger partial charge in [-0.25, -0.2) is 0 Å². The summed E-state index contributed by atoms with van der Waals surface area (Å²) in [4.78, 5) is 23.3. The van der Waals surface area contributed by atoms with Crippen LogP contribution in [0.25, 0.3) is 0 Å². The fraction of sp³-hybridized carbons (Fsp3) is 0.467. The second kappa shape index (κ2) is 8.49. The van der Waals surface area contributed by atoms with Gasteiger partial charge in [0.25, 0.3) is 0 Å². The molecule has 6 nitrogen and oxygen atoms in total. The Bertz CT molecular complexity index is 556. The minimum atomic E-state index is -1.08. The Morgan fingerprint density at radius 1 is 1.30 bits per heavy atom. The van der Waals surface area contributed by atoms with Gasteiger partial charge < -0.3 is 20.5 Å². The molecule has 0 aliphatic carbocycles. The molecule has 2 rings (SSSR count). The van der Waals surface area contributed by atoms with Crippen molar-refractivity contribution in [2.24, 2.45) is 0 Å². The van der Waals surface area contributed by atoms with E-state index in [-0.39, 0.29) is 12.5 Å². The number of nitrogens with one attached hydrogen (secondary N) is 2. The highest BCUT2D eigenvalue weighted by Crippen LogP contribution is 2.22. The molecular formula is C15H18Cl2N2O4. The average molecular weight is 361 g/mol. The van der Waals surface area contributed by atoms with Crippen LogP contribution < -0.4 is 10.6 Å². The molecular weight excluding hydrogens is 343 g/mol. The van der Waals surface area contributed by atoms with Gasteiger partial charge in [-0.2, -0.15) is 0 Å². The van der Waals surface area contributed by atoms with Gasteiger partial charge in [-0.1, -0.05) is 23.2 Å². The lowest BCUT2D eigenvalue weighted by molar-refractivity contribution is -0.141. The lowest BCUT2D eigenvalue weighted by Gasteiger charge is -2.17. The number of carboxylic acid groups (broad SMARTS) is 1. The van der Waals surface area contributed by atoms with Crippen molar-refractivity contribution < 1.29 is 19.4 Å². The first kappa shape index (κ1) is 18.0. The van der Waals surface area contributed by atoms with Crippen molar-refractivity contribution in [1.82, 2.24) is 5.32 Å². The van der Waals surface area contributed by atoms with Crippen LogP contribution in [0, 0.1) is 0 Å². The number of amides is 1. The van der Waals surface area contributed by atoms with Gasteiger partial charge in [0.1, 0.15) is 6.04 Å². The van der Waals surface area contributed by atoms with Gasteiger partial charge in [0.2, 0.25) is 5.91 Å². The molecule has 0 aromatic heterocycles. The molecule has 1 aliphatic rings. The van der Waals surface area contributed by atoms with E-state index in [1.165, 1.54) is 0 Å². The number of carbonyl (C=O) groups excluding carboxylic acids is 1. The van der Waals surface area contributed by atoms with Crippen molar-refractivity contribution in [1.29, 1.82) is 0 Å². The Morgan fingerprint density at radius 3 is 2.57 bits per heavy atom. The normalized spacial score (nSPS) is 18.6. The SMILES string of the molecule is O=C(C[C@@H](NC[C@H]1CCCO1)C(=O)O)Nc1cc(Cl)cc(Cl)c1. The van der Waals surface area contributed by atoms with Crippen molar-refractivity contribution in [3.8, 4) is 0 Å². The number of anilines is 1. The zero-order valence-corrected chi connectivity index (χ0v) is 13.9. The molecule has 1 aromatic rings. The Hall–Kier alpha value is -1.34. The van der Waals surface area contributed by atoms with Crippen molar-refractivity contribution in [3.63, 3.8) is 0 Å². The summed E-state index contributed by atoms with van der Waals surface area (Å²) in [5.41, 5.74) is 0.427. The van der Waals surface area contributed by atoms with Gasteiger partial charge in [0, 0.05) is 28.9 Å². The quantitative estimate of drug-likeness (QED) is 0.695. The van der Waals surface area contributed by atoms with Crippen LogP contribution in [0.4, 0.5) is 5.69 Å². The minimum absolute atomic E-state index is 0.00616. The summed E-state index contributed by atoms with van der Waals surface area (Å²) >= 11 is 11.7. The van der Waals surface area contributed by atoms with Crippen LogP contribution in [0.2, 0.25) is 10.0 Å². The van der Waals surface area contributed by atoms with Gasteiger partial charge in [-0.05, 0) is 31.0 Å². The van der Waals surface area contributed by atoms with Gasteiger partial charge in [0.15, 0.2) is 0 Å². The van der Waals surface area contributed by atoms with E-state index in [0.717, 1.165) is 12.8 Å². The summed E-state index contributed by atoms with van der Waals surface area (Å²) < 4.78 is 5.42. The second-order valence-corrected chi connectivity index (χ2v) is 6.22. The molecule has 1 aliphatic heterocycles. The van der Waals surface area contributed by atoms with Crippen LogP contribution in [0.5, 0.6) is 0 Å². The average Bonchev–Trinajstić information content (AvgIpc) is 2.95. The molecule has 0 radical (unpaired) electrons. The highest BCUT2D eigenvalue weighted by atomic mass is 35.5. The van der Waals surface area contributed by atoms with E-state index < -0.39 is 17.9 Å². The Balaban J connectivity index is 1.87. The zero-order valence-electron chi connectivity index (χ0n) is 12.4. The molecule has 1 amide bonds. The first-order valence-corrected chi connectivity index (χ1v) is 8.03. The number of carbonyl (C=O) groups is 2. The molecule has 2 atom stereocenters. The molecule has 1 heterocycles. The summed E-state index contributed by atoms with van der Waals surface area (Å²) in [5, 5.41) is 15.5. The third kappa shape index (κ3) is 5.99. The number of ether oxygens (including phenoxy) is 1. The fourth-order valence-corrected chi connectivity index (χ4v) is 2.88. The standard InChI is InChI=1S/C15H18Cl2N2O4/c16-9-4-10(17)6-11(5-9)19-14(20)7-13(15(21)22)18-8-12-2-1-3-23-12/h4-6,12-13,18H,1-3,7-8H2,(H,19,20)(H,21,22)/t12-,13-/m1/s1. The highest BCUT2D eigenvalue weighted by molar-refractivity contribution is 6.35. The molecule has 126 valence electrons. The summed E-state index contributed by atoms with van der Waals surface area (Å²) in [6, 6.07) is 3.65. The summed E-state index contributed by atoms with van der Waals surface area (Å²) in [6.45, 7) is 1.10. The van der Waals surface area contributed by atoms with Crippen molar-refractivity contribution in [3.05, 3.63) is 28.2 Å². The van der Waals surface area contributed by atoms with Gasteiger partial charge >= 0.3 is 5.97 Å². The number of benzene rings is 1. The topological polar surface area (TPSA) is 87.7 Å². The molecule has 1 saturated heterocycles. The number of halogens is 2. The number of rotatable bonds is 7. The lowest BCUT2D eigenvalue weighted by Crippen LogP contribution is -2.43. The van der Waals surface area contributed by atoms with E-state index >= 15 is 0 Å². The van der Waals surface area contributed by atoms with E-state index in [2.05, 4.69) is 10.6 Å². The van der Waals surface area contributed by atoms with E-state index in [0.29, 0.717) is 28.9 Å². The van der Waals surface area contributed by atoms with Gasteiger partial charge in [-0.15, -0.1) is 0 Å². The van der Waals surface area contributed by atoms with Crippen LogP contribution >= 0.6 is 23.2 Å². The molecule has 23 heavy (non-hydrogen) atoms. The van der Waals surface area contributed by atoms with E-state index in [1.807, 2.05) is 0 Å².